The lowest BCUT2D eigenvalue weighted by molar-refractivity contribution is -0.153. The van der Waals surface area contributed by atoms with Crippen molar-refractivity contribution in [3.63, 3.8) is 0 Å². The Morgan fingerprint density at radius 2 is 1.86 bits per heavy atom. The number of alkyl halides is 3. The van der Waals surface area contributed by atoms with E-state index in [0.717, 1.165) is 18.9 Å². The van der Waals surface area contributed by atoms with Crippen LogP contribution in [0.3, 0.4) is 0 Å². The van der Waals surface area contributed by atoms with Crippen LogP contribution in [-0.4, -0.2) is 44.1 Å². The van der Waals surface area contributed by atoms with Crippen molar-refractivity contribution in [2.45, 2.75) is 45.4 Å². The first-order chi connectivity index (χ1) is 12.9. The number of hydrogen-bond acceptors (Lipinski definition) is 4. The van der Waals surface area contributed by atoms with E-state index in [1.54, 1.807) is 20.8 Å². The maximum atomic E-state index is 13.5. The Kier molecular flexibility index (Phi) is 7.01. The number of halogens is 4. The lowest BCUT2D eigenvalue weighted by Crippen LogP contribution is -2.40. The second-order valence-electron chi connectivity index (χ2n) is 7.83. The standard InChI is InChI=1S/C19H26F4N2O3/c1-18(2,3)28-17(26)24-11-13-6-8-25(9-7-13)15-5-4-14(20)10-16(15)27-12-19(21,22)23/h4-5,10,13H,6-9,11-12H2,1-3H3,(H,24,26). The predicted octanol–water partition coefficient (Wildman–Crippen LogP) is 4.51. The van der Waals surface area contributed by atoms with Gasteiger partial charge in [0.05, 0.1) is 5.69 Å². The number of ether oxygens (including phenoxy) is 2. The summed E-state index contributed by atoms with van der Waals surface area (Å²) in [5, 5.41) is 2.74. The van der Waals surface area contributed by atoms with Crippen LogP contribution >= 0.6 is 0 Å². The summed E-state index contributed by atoms with van der Waals surface area (Å²) in [4.78, 5) is 13.6. The molecule has 1 N–H and O–H groups in total. The van der Waals surface area contributed by atoms with Gasteiger partial charge in [-0.3, -0.25) is 0 Å². The molecule has 1 amide bonds. The van der Waals surface area contributed by atoms with Crippen LogP contribution in [0.2, 0.25) is 0 Å². The molecule has 0 bridgehead atoms. The van der Waals surface area contributed by atoms with Crippen molar-refractivity contribution in [2.75, 3.05) is 31.1 Å². The van der Waals surface area contributed by atoms with E-state index in [4.69, 9.17) is 9.47 Å². The minimum absolute atomic E-state index is 0.123. The van der Waals surface area contributed by atoms with Crippen LogP contribution in [-0.2, 0) is 4.74 Å². The maximum Gasteiger partial charge on any atom is 0.422 e. The van der Waals surface area contributed by atoms with Gasteiger partial charge in [-0.15, -0.1) is 0 Å². The summed E-state index contributed by atoms with van der Waals surface area (Å²) in [6, 6.07) is 3.60. The number of anilines is 1. The number of amides is 1. The molecule has 28 heavy (non-hydrogen) atoms. The van der Waals surface area contributed by atoms with Crippen LogP contribution in [0.1, 0.15) is 33.6 Å². The average Bonchev–Trinajstić information content (AvgIpc) is 2.57. The SMILES string of the molecule is CC(C)(C)OC(=O)NCC1CCN(c2ccc(F)cc2OCC(F)(F)F)CC1. The molecule has 1 heterocycles. The van der Waals surface area contributed by atoms with Gasteiger partial charge in [0, 0.05) is 25.7 Å². The Bertz CT molecular complexity index is 666. The smallest absolute Gasteiger partial charge is 0.422 e. The molecule has 1 aliphatic rings. The van der Waals surface area contributed by atoms with Crippen molar-refractivity contribution >= 4 is 11.8 Å². The highest BCUT2D eigenvalue weighted by atomic mass is 19.4. The molecular weight excluding hydrogens is 380 g/mol. The molecule has 1 aliphatic heterocycles. The van der Waals surface area contributed by atoms with Crippen molar-refractivity contribution in [1.29, 1.82) is 0 Å². The van der Waals surface area contributed by atoms with Gasteiger partial charge in [0.1, 0.15) is 17.2 Å². The van der Waals surface area contributed by atoms with E-state index in [2.05, 4.69) is 5.32 Å². The summed E-state index contributed by atoms with van der Waals surface area (Å²) in [5.41, 5.74) is -0.132. The van der Waals surface area contributed by atoms with E-state index in [9.17, 15) is 22.4 Å². The molecule has 158 valence electrons. The molecule has 1 aromatic rings. The van der Waals surface area contributed by atoms with Crippen LogP contribution in [0.15, 0.2) is 18.2 Å². The maximum absolute atomic E-state index is 13.5. The molecule has 1 fully saturated rings. The predicted molar refractivity (Wildman–Crippen MR) is 97.1 cm³/mol. The molecular formula is C19H26F4N2O3. The number of nitrogens with one attached hydrogen (secondary N) is 1. The zero-order valence-corrected chi connectivity index (χ0v) is 16.2. The van der Waals surface area contributed by atoms with Crippen molar-refractivity contribution in [3.8, 4) is 5.75 Å². The minimum Gasteiger partial charge on any atom is -0.482 e. The number of hydrogen-bond donors (Lipinski definition) is 1. The van der Waals surface area contributed by atoms with Crippen molar-refractivity contribution in [3.05, 3.63) is 24.0 Å². The normalized spacial score (nSPS) is 16.0. The number of benzene rings is 1. The quantitative estimate of drug-likeness (QED) is 0.732. The fourth-order valence-corrected chi connectivity index (χ4v) is 2.94. The number of carbonyl (C=O) groups excluding carboxylic acids is 1. The molecule has 0 radical (unpaired) electrons. The summed E-state index contributed by atoms with van der Waals surface area (Å²) < 4.78 is 60.8. The lowest BCUT2D eigenvalue weighted by Gasteiger charge is -2.34. The van der Waals surface area contributed by atoms with E-state index in [1.165, 1.54) is 12.1 Å². The Labute approximate surface area is 162 Å². The molecule has 2 rings (SSSR count). The topological polar surface area (TPSA) is 50.8 Å². The van der Waals surface area contributed by atoms with E-state index in [1.807, 2.05) is 4.90 Å². The first-order valence-electron chi connectivity index (χ1n) is 9.14. The lowest BCUT2D eigenvalue weighted by atomic mass is 9.96. The monoisotopic (exact) mass is 406 g/mol. The average molecular weight is 406 g/mol. The second kappa shape index (κ2) is 8.87. The van der Waals surface area contributed by atoms with E-state index in [0.29, 0.717) is 25.3 Å². The highest BCUT2D eigenvalue weighted by Gasteiger charge is 2.30. The molecule has 0 aliphatic carbocycles. The molecule has 1 saturated heterocycles. The van der Waals surface area contributed by atoms with Gasteiger partial charge in [0.2, 0.25) is 0 Å². The molecule has 0 spiro atoms. The van der Waals surface area contributed by atoms with Gasteiger partial charge in [0.15, 0.2) is 6.61 Å². The summed E-state index contributed by atoms with van der Waals surface area (Å²) in [5.74, 6) is -0.552. The van der Waals surface area contributed by atoms with Crippen molar-refractivity contribution in [1.82, 2.24) is 5.32 Å². The molecule has 5 nitrogen and oxygen atoms in total. The first-order valence-corrected chi connectivity index (χ1v) is 9.14. The van der Waals surface area contributed by atoms with Crippen LogP contribution in [0, 0.1) is 11.7 Å². The molecule has 1 aromatic carbocycles. The zero-order chi connectivity index (χ0) is 20.9. The fourth-order valence-electron chi connectivity index (χ4n) is 2.94. The minimum atomic E-state index is -4.50. The Hall–Kier alpha value is -2.19. The van der Waals surface area contributed by atoms with Gasteiger partial charge < -0.3 is 19.7 Å². The van der Waals surface area contributed by atoms with E-state index < -0.39 is 30.3 Å². The van der Waals surface area contributed by atoms with Gasteiger partial charge in [-0.1, -0.05) is 0 Å². The number of nitrogens with zero attached hydrogens (tertiary/aromatic N) is 1. The fraction of sp³-hybridized carbons (Fsp3) is 0.632. The molecule has 0 saturated carbocycles. The van der Waals surface area contributed by atoms with E-state index in [-0.39, 0.29) is 11.7 Å². The number of rotatable bonds is 5. The van der Waals surface area contributed by atoms with Gasteiger partial charge in [0.25, 0.3) is 0 Å². The Morgan fingerprint density at radius 3 is 2.43 bits per heavy atom. The van der Waals surface area contributed by atoms with Gasteiger partial charge in [-0.05, 0) is 51.7 Å². The number of piperidine rings is 1. The third kappa shape index (κ3) is 7.44. The van der Waals surface area contributed by atoms with Crippen LogP contribution < -0.4 is 15.0 Å². The van der Waals surface area contributed by atoms with Crippen LogP contribution in [0.4, 0.5) is 28.0 Å². The third-order valence-electron chi connectivity index (χ3n) is 4.20. The summed E-state index contributed by atoms with van der Waals surface area (Å²) >= 11 is 0. The van der Waals surface area contributed by atoms with Gasteiger partial charge in [-0.25, -0.2) is 9.18 Å². The highest BCUT2D eigenvalue weighted by Crippen LogP contribution is 2.33. The molecule has 0 unspecified atom stereocenters. The first kappa shape index (κ1) is 22.1. The van der Waals surface area contributed by atoms with Crippen LogP contribution in [0.5, 0.6) is 5.75 Å². The largest absolute Gasteiger partial charge is 0.482 e. The van der Waals surface area contributed by atoms with Crippen molar-refractivity contribution in [2.24, 2.45) is 5.92 Å². The molecule has 9 heteroatoms. The second-order valence-corrected chi connectivity index (χ2v) is 7.83. The molecule has 0 atom stereocenters. The van der Waals surface area contributed by atoms with E-state index >= 15 is 0 Å². The third-order valence-corrected chi connectivity index (χ3v) is 4.20. The van der Waals surface area contributed by atoms with Crippen LogP contribution in [0.25, 0.3) is 0 Å². The molecule has 0 aromatic heterocycles. The summed E-state index contributed by atoms with van der Waals surface area (Å²) in [6.45, 7) is 5.47. The summed E-state index contributed by atoms with van der Waals surface area (Å²) in [6.07, 6.45) is -3.52. The van der Waals surface area contributed by atoms with Gasteiger partial charge >= 0.3 is 12.3 Å². The number of carbonyl (C=O) groups is 1. The Morgan fingerprint density at radius 1 is 1.21 bits per heavy atom. The van der Waals surface area contributed by atoms with Crippen molar-refractivity contribution < 1.29 is 31.8 Å². The zero-order valence-electron chi connectivity index (χ0n) is 16.2. The highest BCUT2D eigenvalue weighted by molar-refractivity contribution is 5.67. The number of alkyl carbamates (subject to hydrolysis) is 1. The summed E-state index contributed by atoms with van der Waals surface area (Å²) in [7, 11) is 0. The Balaban J connectivity index is 1.90. The van der Waals surface area contributed by atoms with Gasteiger partial charge in [-0.2, -0.15) is 13.2 Å².